The Morgan fingerprint density at radius 1 is 1.18 bits per heavy atom. The Bertz CT molecular complexity index is 490. The smallest absolute Gasteiger partial charge is 0.315 e. The predicted octanol–water partition coefficient (Wildman–Crippen LogP) is 3.75. The lowest BCUT2D eigenvalue weighted by Crippen LogP contribution is -2.50. The van der Waals surface area contributed by atoms with E-state index < -0.39 is 0 Å². The highest BCUT2D eigenvalue weighted by molar-refractivity contribution is 5.74. The zero-order valence-corrected chi connectivity index (χ0v) is 14.7. The number of ether oxygens (including phenoxy) is 1. The van der Waals surface area contributed by atoms with E-state index in [-0.39, 0.29) is 17.0 Å². The minimum atomic E-state index is -0.224. The lowest BCUT2D eigenvalue weighted by molar-refractivity contribution is 0.210. The minimum absolute atomic E-state index is 0.114. The number of carbonyl (C=O) groups excluding carboxylic acids is 1. The van der Waals surface area contributed by atoms with E-state index >= 15 is 0 Å². The third-order valence-corrected chi connectivity index (χ3v) is 3.26. The molecule has 2 N–H and O–H groups in total. The zero-order chi connectivity index (χ0) is 16.8. The molecule has 2 amide bonds. The van der Waals surface area contributed by atoms with Gasteiger partial charge >= 0.3 is 6.03 Å². The van der Waals surface area contributed by atoms with Crippen LogP contribution in [0.5, 0.6) is 5.75 Å². The van der Waals surface area contributed by atoms with Crippen LogP contribution in [-0.2, 0) is 6.42 Å². The van der Waals surface area contributed by atoms with Crippen molar-refractivity contribution in [3.8, 4) is 5.75 Å². The summed E-state index contributed by atoms with van der Waals surface area (Å²) in [6.07, 6.45) is 1.70. The molecule has 0 aliphatic rings. The van der Waals surface area contributed by atoms with Crippen LogP contribution < -0.4 is 15.4 Å². The number of hydrogen-bond acceptors (Lipinski definition) is 2. The van der Waals surface area contributed by atoms with Gasteiger partial charge in [0, 0.05) is 12.1 Å². The molecule has 0 radical (unpaired) electrons. The van der Waals surface area contributed by atoms with Crippen LogP contribution in [0, 0.1) is 5.41 Å². The van der Waals surface area contributed by atoms with E-state index in [1.54, 1.807) is 7.11 Å². The van der Waals surface area contributed by atoms with E-state index in [2.05, 4.69) is 45.3 Å². The van der Waals surface area contributed by atoms with Gasteiger partial charge in [0.2, 0.25) is 0 Å². The van der Waals surface area contributed by atoms with Crippen molar-refractivity contribution in [2.75, 3.05) is 13.7 Å². The summed E-state index contributed by atoms with van der Waals surface area (Å²) in [7, 11) is 1.65. The van der Waals surface area contributed by atoms with Gasteiger partial charge in [0.1, 0.15) is 5.75 Å². The lowest BCUT2D eigenvalue weighted by Gasteiger charge is -2.33. The normalized spacial score (nSPS) is 11.9. The maximum absolute atomic E-state index is 12.0. The van der Waals surface area contributed by atoms with Crippen molar-refractivity contribution in [3.63, 3.8) is 0 Å². The summed E-state index contributed by atoms with van der Waals surface area (Å²) in [6, 6.07) is 7.78. The summed E-state index contributed by atoms with van der Waals surface area (Å²) < 4.78 is 5.19. The molecule has 0 atom stereocenters. The molecular weight excluding hydrogens is 276 g/mol. The minimum Gasteiger partial charge on any atom is -0.497 e. The molecule has 0 aliphatic carbocycles. The molecule has 0 aliphatic heterocycles. The quantitative estimate of drug-likeness (QED) is 0.841. The fourth-order valence-electron chi connectivity index (χ4n) is 2.87. The molecular formula is C18H30N2O2. The SMILES string of the molecule is COc1cccc(CCNC(=O)NC(C)(C)CC(C)(C)C)c1. The topological polar surface area (TPSA) is 50.4 Å². The van der Waals surface area contributed by atoms with E-state index in [9.17, 15) is 4.79 Å². The van der Waals surface area contributed by atoms with Crippen LogP contribution in [0.4, 0.5) is 4.79 Å². The summed E-state index contributed by atoms with van der Waals surface area (Å²) >= 11 is 0. The zero-order valence-electron chi connectivity index (χ0n) is 14.7. The number of benzene rings is 1. The predicted molar refractivity (Wildman–Crippen MR) is 91.4 cm³/mol. The Morgan fingerprint density at radius 3 is 2.45 bits per heavy atom. The second-order valence-corrected chi connectivity index (χ2v) is 7.60. The lowest BCUT2D eigenvalue weighted by atomic mass is 9.82. The molecule has 0 heterocycles. The number of methoxy groups -OCH3 is 1. The molecule has 0 saturated heterocycles. The first kappa shape index (κ1) is 18.3. The van der Waals surface area contributed by atoms with Crippen LogP contribution in [0.2, 0.25) is 0 Å². The molecule has 4 heteroatoms. The Kier molecular flexibility index (Phi) is 6.27. The van der Waals surface area contributed by atoms with Crippen LogP contribution in [-0.4, -0.2) is 25.2 Å². The number of nitrogens with one attached hydrogen (secondary N) is 2. The standard InChI is InChI=1S/C18H30N2O2/c1-17(2,3)13-18(4,5)20-16(21)19-11-10-14-8-7-9-15(12-14)22-6/h7-9,12H,10-11,13H2,1-6H3,(H2,19,20,21). The maximum atomic E-state index is 12.0. The summed E-state index contributed by atoms with van der Waals surface area (Å²) in [4.78, 5) is 12.0. The van der Waals surface area contributed by atoms with Crippen molar-refractivity contribution in [2.45, 2.75) is 53.0 Å². The van der Waals surface area contributed by atoms with Gasteiger partial charge in [-0.3, -0.25) is 0 Å². The molecule has 1 aromatic carbocycles. The summed E-state index contributed by atoms with van der Waals surface area (Å²) in [5.41, 5.74) is 1.10. The van der Waals surface area contributed by atoms with E-state index in [4.69, 9.17) is 4.74 Å². The highest BCUT2D eigenvalue weighted by Crippen LogP contribution is 2.26. The van der Waals surface area contributed by atoms with Crippen LogP contribution >= 0.6 is 0 Å². The van der Waals surface area contributed by atoms with Crippen molar-refractivity contribution in [2.24, 2.45) is 5.41 Å². The average molecular weight is 306 g/mol. The molecule has 0 spiro atoms. The van der Waals surface area contributed by atoms with Crippen molar-refractivity contribution in [3.05, 3.63) is 29.8 Å². The van der Waals surface area contributed by atoms with Crippen LogP contribution in [0.15, 0.2) is 24.3 Å². The number of urea groups is 1. The van der Waals surface area contributed by atoms with Crippen molar-refractivity contribution in [1.82, 2.24) is 10.6 Å². The monoisotopic (exact) mass is 306 g/mol. The van der Waals surface area contributed by atoms with E-state index in [1.807, 2.05) is 24.3 Å². The number of amides is 2. The van der Waals surface area contributed by atoms with Gasteiger partial charge in [-0.05, 0) is 49.8 Å². The Labute approximate surface area is 134 Å². The Hall–Kier alpha value is -1.71. The molecule has 1 aromatic rings. The third kappa shape index (κ3) is 7.34. The van der Waals surface area contributed by atoms with Crippen LogP contribution in [0.3, 0.4) is 0 Å². The molecule has 0 bridgehead atoms. The van der Waals surface area contributed by atoms with Crippen molar-refractivity contribution < 1.29 is 9.53 Å². The van der Waals surface area contributed by atoms with Crippen LogP contribution in [0.1, 0.15) is 46.6 Å². The molecule has 1 rings (SSSR count). The second-order valence-electron chi connectivity index (χ2n) is 7.60. The number of hydrogen-bond donors (Lipinski definition) is 2. The molecule has 0 unspecified atom stereocenters. The molecule has 0 aromatic heterocycles. The molecule has 0 fully saturated rings. The van der Waals surface area contributed by atoms with Crippen LogP contribution in [0.25, 0.3) is 0 Å². The molecule has 124 valence electrons. The van der Waals surface area contributed by atoms with Gasteiger partial charge in [0.05, 0.1) is 7.11 Å². The van der Waals surface area contributed by atoms with Gasteiger partial charge in [-0.25, -0.2) is 4.79 Å². The maximum Gasteiger partial charge on any atom is 0.315 e. The Balaban J connectivity index is 2.39. The second kappa shape index (κ2) is 7.52. The Morgan fingerprint density at radius 2 is 1.86 bits per heavy atom. The van der Waals surface area contributed by atoms with Gasteiger partial charge in [-0.2, -0.15) is 0 Å². The highest BCUT2D eigenvalue weighted by Gasteiger charge is 2.26. The van der Waals surface area contributed by atoms with Gasteiger partial charge in [0.15, 0.2) is 0 Å². The number of carbonyl (C=O) groups is 1. The highest BCUT2D eigenvalue weighted by atomic mass is 16.5. The average Bonchev–Trinajstić information content (AvgIpc) is 2.35. The molecule has 22 heavy (non-hydrogen) atoms. The van der Waals surface area contributed by atoms with E-state index in [1.165, 1.54) is 0 Å². The summed E-state index contributed by atoms with van der Waals surface area (Å²) in [6.45, 7) is 11.2. The van der Waals surface area contributed by atoms with Crippen molar-refractivity contribution >= 4 is 6.03 Å². The van der Waals surface area contributed by atoms with Crippen molar-refractivity contribution in [1.29, 1.82) is 0 Å². The van der Waals surface area contributed by atoms with Gasteiger partial charge in [-0.1, -0.05) is 32.9 Å². The number of rotatable bonds is 6. The van der Waals surface area contributed by atoms with Gasteiger partial charge in [-0.15, -0.1) is 0 Å². The van der Waals surface area contributed by atoms with Gasteiger partial charge < -0.3 is 15.4 Å². The largest absolute Gasteiger partial charge is 0.497 e. The first-order valence-electron chi connectivity index (χ1n) is 7.80. The van der Waals surface area contributed by atoms with E-state index in [0.717, 1.165) is 24.2 Å². The first-order valence-corrected chi connectivity index (χ1v) is 7.80. The van der Waals surface area contributed by atoms with Gasteiger partial charge in [0.25, 0.3) is 0 Å². The summed E-state index contributed by atoms with van der Waals surface area (Å²) in [5, 5.41) is 5.97. The summed E-state index contributed by atoms with van der Waals surface area (Å²) in [5.74, 6) is 0.841. The fraction of sp³-hybridized carbons (Fsp3) is 0.611. The first-order chi connectivity index (χ1) is 10.1. The third-order valence-electron chi connectivity index (χ3n) is 3.26. The molecule has 4 nitrogen and oxygen atoms in total. The molecule has 0 saturated carbocycles. The van der Waals surface area contributed by atoms with E-state index in [0.29, 0.717) is 6.54 Å². The fourth-order valence-corrected chi connectivity index (χ4v) is 2.87.